The van der Waals surface area contributed by atoms with Gasteiger partial charge in [0.2, 0.25) is 5.88 Å². The van der Waals surface area contributed by atoms with Gasteiger partial charge in [-0.15, -0.1) is 0 Å². The van der Waals surface area contributed by atoms with Gasteiger partial charge in [-0.05, 0) is 26.3 Å². The average Bonchev–Trinajstić information content (AvgIpc) is 2.26. The van der Waals surface area contributed by atoms with Crippen LogP contribution in [-0.4, -0.2) is 23.7 Å². The van der Waals surface area contributed by atoms with E-state index in [9.17, 15) is 4.79 Å². The number of carbonyl (C=O) groups is 1. The van der Waals surface area contributed by atoms with Crippen LogP contribution in [0.4, 0.5) is 10.5 Å². The summed E-state index contributed by atoms with van der Waals surface area (Å²) in [4.78, 5) is 16.9. The molecule has 1 rings (SSSR count). The van der Waals surface area contributed by atoms with Gasteiger partial charge in [-0.25, -0.2) is 9.78 Å². The monoisotopic (exact) mass is 237 g/mol. The van der Waals surface area contributed by atoms with E-state index in [1.165, 1.54) is 4.90 Å². The molecule has 0 saturated carbocycles. The Balaban J connectivity index is 2.92. The summed E-state index contributed by atoms with van der Waals surface area (Å²) in [6.45, 7) is 6.43. The lowest BCUT2D eigenvalue weighted by atomic mass is 10.3. The number of urea groups is 1. The highest BCUT2D eigenvalue weighted by molar-refractivity contribution is 5.91. The molecule has 0 aliphatic heterocycles. The van der Waals surface area contributed by atoms with Gasteiger partial charge >= 0.3 is 6.03 Å². The molecular formula is C12H19N3O2. The topological polar surface area (TPSA) is 68.5 Å². The van der Waals surface area contributed by atoms with Crippen molar-refractivity contribution in [2.45, 2.75) is 33.2 Å². The highest BCUT2D eigenvalue weighted by atomic mass is 16.5. The Labute approximate surface area is 102 Å². The van der Waals surface area contributed by atoms with Gasteiger partial charge in [0, 0.05) is 18.3 Å². The van der Waals surface area contributed by atoms with E-state index in [0.29, 0.717) is 18.2 Å². The van der Waals surface area contributed by atoms with E-state index in [1.807, 2.05) is 20.8 Å². The number of hydrogen-bond donors (Lipinski definition) is 1. The summed E-state index contributed by atoms with van der Waals surface area (Å²) in [5, 5.41) is 0. The van der Waals surface area contributed by atoms with Gasteiger partial charge in [0.15, 0.2) is 0 Å². The van der Waals surface area contributed by atoms with Crippen LogP contribution in [-0.2, 0) is 0 Å². The lowest BCUT2D eigenvalue weighted by Gasteiger charge is -2.24. The van der Waals surface area contributed by atoms with Crippen LogP contribution in [0.2, 0.25) is 0 Å². The average molecular weight is 237 g/mol. The molecule has 17 heavy (non-hydrogen) atoms. The minimum absolute atomic E-state index is 0.00562. The van der Waals surface area contributed by atoms with Gasteiger partial charge in [0.05, 0.1) is 12.3 Å². The summed E-state index contributed by atoms with van der Waals surface area (Å²) < 4.78 is 5.42. The molecule has 0 radical (unpaired) electrons. The molecule has 0 aliphatic rings. The van der Waals surface area contributed by atoms with Gasteiger partial charge in [-0.1, -0.05) is 6.92 Å². The molecule has 1 heterocycles. The Bertz CT molecular complexity index is 380. The first-order valence-electron chi connectivity index (χ1n) is 5.73. The zero-order chi connectivity index (χ0) is 12.8. The maximum atomic E-state index is 11.4. The Morgan fingerprint density at radius 3 is 2.82 bits per heavy atom. The van der Waals surface area contributed by atoms with Crippen LogP contribution in [0.15, 0.2) is 18.3 Å². The number of nitrogens with zero attached hydrogens (tertiary/aromatic N) is 2. The number of rotatable bonds is 5. The normalized spacial score (nSPS) is 10.4. The fourth-order valence-corrected chi connectivity index (χ4v) is 1.51. The zero-order valence-corrected chi connectivity index (χ0v) is 10.5. The summed E-state index contributed by atoms with van der Waals surface area (Å²) in [7, 11) is 0. The SMILES string of the molecule is CCCOc1cc(N(C(N)=O)C(C)C)ccn1. The zero-order valence-electron chi connectivity index (χ0n) is 10.5. The highest BCUT2D eigenvalue weighted by Crippen LogP contribution is 2.20. The van der Waals surface area contributed by atoms with Crippen molar-refractivity contribution in [3.05, 3.63) is 18.3 Å². The van der Waals surface area contributed by atoms with Crippen LogP contribution in [0.3, 0.4) is 0 Å². The van der Waals surface area contributed by atoms with E-state index in [2.05, 4.69) is 4.98 Å². The van der Waals surface area contributed by atoms with Crippen molar-refractivity contribution in [3.8, 4) is 5.88 Å². The van der Waals surface area contributed by atoms with Crippen LogP contribution >= 0.6 is 0 Å². The highest BCUT2D eigenvalue weighted by Gasteiger charge is 2.16. The Morgan fingerprint density at radius 1 is 1.59 bits per heavy atom. The van der Waals surface area contributed by atoms with Gasteiger partial charge in [0.25, 0.3) is 0 Å². The quantitative estimate of drug-likeness (QED) is 0.853. The number of pyridine rings is 1. The molecule has 1 aromatic rings. The number of ether oxygens (including phenoxy) is 1. The predicted octanol–water partition coefficient (Wildman–Crippen LogP) is 2.16. The predicted molar refractivity (Wildman–Crippen MR) is 67.2 cm³/mol. The van der Waals surface area contributed by atoms with Gasteiger partial charge in [-0.3, -0.25) is 4.90 Å². The van der Waals surface area contributed by atoms with Crippen molar-refractivity contribution in [1.82, 2.24) is 4.98 Å². The number of anilines is 1. The molecule has 0 fully saturated rings. The van der Waals surface area contributed by atoms with E-state index in [0.717, 1.165) is 6.42 Å². The Morgan fingerprint density at radius 2 is 2.29 bits per heavy atom. The van der Waals surface area contributed by atoms with E-state index in [-0.39, 0.29) is 6.04 Å². The third-order valence-corrected chi connectivity index (χ3v) is 2.20. The minimum Gasteiger partial charge on any atom is -0.478 e. The lowest BCUT2D eigenvalue weighted by molar-refractivity contribution is 0.252. The number of aromatic nitrogens is 1. The molecule has 0 bridgehead atoms. The smallest absolute Gasteiger partial charge is 0.319 e. The first-order chi connectivity index (χ1) is 8.06. The van der Waals surface area contributed by atoms with E-state index < -0.39 is 6.03 Å². The molecule has 5 heteroatoms. The molecule has 0 unspecified atom stereocenters. The number of nitrogens with two attached hydrogens (primary N) is 1. The molecule has 0 atom stereocenters. The number of carbonyl (C=O) groups excluding carboxylic acids is 1. The molecule has 0 saturated heterocycles. The second-order valence-corrected chi connectivity index (χ2v) is 4.00. The fourth-order valence-electron chi connectivity index (χ4n) is 1.51. The molecule has 1 aromatic heterocycles. The third-order valence-electron chi connectivity index (χ3n) is 2.20. The van der Waals surface area contributed by atoms with E-state index >= 15 is 0 Å². The number of primary amides is 1. The van der Waals surface area contributed by atoms with Gasteiger partial charge in [0.1, 0.15) is 0 Å². The molecule has 0 aromatic carbocycles. The first-order valence-corrected chi connectivity index (χ1v) is 5.73. The molecule has 0 aliphatic carbocycles. The van der Waals surface area contributed by atoms with Crippen LogP contribution in [0.1, 0.15) is 27.2 Å². The first kappa shape index (κ1) is 13.3. The molecule has 2 N–H and O–H groups in total. The van der Waals surface area contributed by atoms with E-state index in [1.54, 1.807) is 18.3 Å². The number of hydrogen-bond acceptors (Lipinski definition) is 3. The fraction of sp³-hybridized carbons (Fsp3) is 0.500. The van der Waals surface area contributed by atoms with Crippen LogP contribution in [0.5, 0.6) is 5.88 Å². The maximum absolute atomic E-state index is 11.4. The summed E-state index contributed by atoms with van der Waals surface area (Å²) in [6, 6.07) is 2.98. The van der Waals surface area contributed by atoms with Crippen molar-refractivity contribution in [1.29, 1.82) is 0 Å². The van der Waals surface area contributed by atoms with Crippen LogP contribution in [0.25, 0.3) is 0 Å². The van der Waals surface area contributed by atoms with Crippen LogP contribution in [0, 0.1) is 0 Å². The summed E-state index contributed by atoms with van der Waals surface area (Å²) >= 11 is 0. The Hall–Kier alpha value is -1.78. The summed E-state index contributed by atoms with van der Waals surface area (Å²) in [5.41, 5.74) is 6.05. The largest absolute Gasteiger partial charge is 0.478 e. The maximum Gasteiger partial charge on any atom is 0.319 e. The van der Waals surface area contributed by atoms with Crippen molar-refractivity contribution >= 4 is 11.7 Å². The number of amides is 2. The molecular weight excluding hydrogens is 218 g/mol. The molecule has 5 nitrogen and oxygen atoms in total. The second-order valence-electron chi connectivity index (χ2n) is 4.00. The minimum atomic E-state index is -0.479. The van der Waals surface area contributed by atoms with Crippen molar-refractivity contribution in [2.75, 3.05) is 11.5 Å². The van der Waals surface area contributed by atoms with Gasteiger partial charge in [-0.2, -0.15) is 0 Å². The van der Waals surface area contributed by atoms with Gasteiger partial charge < -0.3 is 10.5 Å². The second kappa shape index (κ2) is 6.08. The molecule has 2 amide bonds. The van der Waals surface area contributed by atoms with Crippen LogP contribution < -0.4 is 15.4 Å². The molecule has 94 valence electrons. The van der Waals surface area contributed by atoms with Crippen molar-refractivity contribution in [2.24, 2.45) is 5.73 Å². The summed E-state index contributed by atoms with van der Waals surface area (Å²) in [6.07, 6.45) is 2.52. The van der Waals surface area contributed by atoms with Crippen molar-refractivity contribution < 1.29 is 9.53 Å². The Kier molecular flexibility index (Phi) is 4.75. The van der Waals surface area contributed by atoms with E-state index in [4.69, 9.17) is 10.5 Å². The third kappa shape index (κ3) is 3.62. The van der Waals surface area contributed by atoms with Crippen molar-refractivity contribution in [3.63, 3.8) is 0 Å². The lowest BCUT2D eigenvalue weighted by Crippen LogP contribution is -2.40. The summed E-state index contributed by atoms with van der Waals surface area (Å²) in [5.74, 6) is 0.510. The molecule has 0 spiro atoms. The standard InChI is InChI=1S/C12H19N3O2/c1-4-7-17-11-8-10(5-6-14-11)15(9(2)3)12(13)16/h5-6,8-9H,4,7H2,1-3H3,(H2,13,16).